The highest BCUT2D eigenvalue weighted by molar-refractivity contribution is 5.86. The zero-order valence-corrected chi connectivity index (χ0v) is 18.5. The molecule has 1 aliphatic carbocycles. The largest absolute Gasteiger partial charge is 0.340 e. The van der Waals surface area contributed by atoms with Crippen molar-refractivity contribution in [3.63, 3.8) is 0 Å². The second-order valence-corrected chi connectivity index (χ2v) is 9.18. The fraction of sp³-hybridized carbons (Fsp3) is 0.818. The molecule has 0 unspecified atom stereocenters. The van der Waals surface area contributed by atoms with Gasteiger partial charge in [-0.25, -0.2) is 0 Å². The van der Waals surface area contributed by atoms with Crippen molar-refractivity contribution in [1.29, 1.82) is 0 Å². The Labute approximate surface area is 170 Å². The van der Waals surface area contributed by atoms with E-state index < -0.39 is 0 Å². The van der Waals surface area contributed by atoms with Crippen LogP contribution in [-0.2, 0) is 11.3 Å². The van der Waals surface area contributed by atoms with Crippen molar-refractivity contribution in [2.75, 3.05) is 34.2 Å². The number of likely N-dealkylation sites (tertiary alicyclic amines) is 1. The predicted molar refractivity (Wildman–Crippen MR) is 113 cm³/mol. The summed E-state index contributed by atoms with van der Waals surface area (Å²) in [5.74, 6) is 0.909. The topological polar surface area (TPSA) is 64.3 Å². The molecule has 1 saturated carbocycles. The van der Waals surface area contributed by atoms with Crippen LogP contribution in [0.5, 0.6) is 0 Å². The molecule has 2 N–H and O–H groups in total. The van der Waals surface area contributed by atoms with E-state index in [2.05, 4.69) is 46.2 Å². The molecule has 28 heavy (non-hydrogen) atoms. The molecular formula is C22H39N5O. The molecule has 1 aliphatic heterocycles. The van der Waals surface area contributed by atoms with Gasteiger partial charge in [0.1, 0.15) is 0 Å². The minimum atomic E-state index is -0.128. The maximum atomic E-state index is 13.0. The highest BCUT2D eigenvalue weighted by atomic mass is 16.2. The first-order valence-electron chi connectivity index (χ1n) is 11.0. The van der Waals surface area contributed by atoms with E-state index in [9.17, 15) is 4.79 Å². The molecule has 6 nitrogen and oxygen atoms in total. The molecule has 1 aromatic heterocycles. The first kappa shape index (κ1) is 21.3. The number of aromatic amines is 1. The van der Waals surface area contributed by atoms with Crippen LogP contribution in [0, 0.1) is 5.41 Å². The van der Waals surface area contributed by atoms with Crippen molar-refractivity contribution in [1.82, 2.24) is 25.3 Å². The first-order valence-corrected chi connectivity index (χ1v) is 11.0. The van der Waals surface area contributed by atoms with Gasteiger partial charge < -0.3 is 15.1 Å². The normalized spacial score (nSPS) is 27.3. The molecule has 6 heteroatoms. The highest BCUT2D eigenvalue weighted by Crippen LogP contribution is 2.54. The Bertz CT molecular complexity index is 658. The second-order valence-electron chi connectivity index (χ2n) is 9.18. The summed E-state index contributed by atoms with van der Waals surface area (Å²) in [4.78, 5) is 17.5. The number of likely N-dealkylation sites (N-methyl/N-ethyl adjacent to an activating group) is 2. The van der Waals surface area contributed by atoms with Crippen LogP contribution in [0.4, 0.5) is 0 Å². The van der Waals surface area contributed by atoms with Gasteiger partial charge in [0.25, 0.3) is 0 Å². The van der Waals surface area contributed by atoms with E-state index in [-0.39, 0.29) is 11.0 Å². The molecular weight excluding hydrogens is 350 g/mol. The number of amides is 1. The van der Waals surface area contributed by atoms with Crippen LogP contribution in [0.2, 0.25) is 0 Å². The van der Waals surface area contributed by atoms with E-state index in [1.807, 2.05) is 20.3 Å². The molecule has 0 bridgehead atoms. The van der Waals surface area contributed by atoms with E-state index in [1.165, 1.54) is 11.3 Å². The Morgan fingerprint density at radius 1 is 1.32 bits per heavy atom. The molecule has 1 spiro atoms. The van der Waals surface area contributed by atoms with Gasteiger partial charge in [-0.3, -0.25) is 9.89 Å². The quantitative estimate of drug-likeness (QED) is 0.717. The number of carbonyl (C=O) groups excluding carboxylic acids is 1. The van der Waals surface area contributed by atoms with Gasteiger partial charge in [-0.2, -0.15) is 5.10 Å². The predicted octanol–water partition coefficient (Wildman–Crippen LogP) is 3.13. The summed E-state index contributed by atoms with van der Waals surface area (Å²) in [6, 6.07) is 0. The number of rotatable bonds is 8. The van der Waals surface area contributed by atoms with Gasteiger partial charge in [0.05, 0.1) is 11.6 Å². The molecule has 1 saturated heterocycles. The molecule has 2 fully saturated rings. The van der Waals surface area contributed by atoms with Gasteiger partial charge in [0, 0.05) is 49.4 Å². The zero-order chi connectivity index (χ0) is 20.4. The standard InChI is InChI=1S/C22H39N5O/c1-6-21(7-2)16-22(27(5)20(21)28)10-8-17(9-11-22)19-18(14-24-25-19)15-26(4)13-12-23-3/h14,17,23H,6-13,15-16H2,1-5H3,(H,24,25). The Hall–Kier alpha value is -1.40. The lowest BCUT2D eigenvalue weighted by Crippen LogP contribution is -2.45. The van der Waals surface area contributed by atoms with Crippen LogP contribution in [0.25, 0.3) is 0 Å². The van der Waals surface area contributed by atoms with E-state index >= 15 is 0 Å². The number of H-pyrrole nitrogens is 1. The number of nitrogens with zero attached hydrogens (tertiary/aromatic N) is 3. The van der Waals surface area contributed by atoms with Crippen LogP contribution < -0.4 is 5.32 Å². The SMILES string of the molecule is CCC1(CC)CC2(CCC(c3[nH]ncc3CN(C)CCNC)CC2)N(C)C1=O. The van der Waals surface area contributed by atoms with Crippen LogP contribution in [0.15, 0.2) is 6.20 Å². The van der Waals surface area contributed by atoms with Gasteiger partial charge in [-0.05, 0) is 59.0 Å². The van der Waals surface area contributed by atoms with Crippen LogP contribution in [-0.4, -0.2) is 65.7 Å². The van der Waals surface area contributed by atoms with Gasteiger partial charge >= 0.3 is 0 Å². The summed E-state index contributed by atoms with van der Waals surface area (Å²) < 4.78 is 0. The molecule has 2 aliphatic rings. The van der Waals surface area contributed by atoms with Gasteiger partial charge in [-0.15, -0.1) is 0 Å². The van der Waals surface area contributed by atoms with Gasteiger partial charge in [0.15, 0.2) is 0 Å². The monoisotopic (exact) mass is 389 g/mol. The number of hydrogen-bond donors (Lipinski definition) is 2. The Kier molecular flexibility index (Phi) is 6.50. The second kappa shape index (κ2) is 8.54. The van der Waals surface area contributed by atoms with Gasteiger partial charge in [-0.1, -0.05) is 13.8 Å². The summed E-state index contributed by atoms with van der Waals surface area (Å²) in [6.07, 6.45) is 9.44. The van der Waals surface area contributed by atoms with E-state index in [4.69, 9.17) is 0 Å². The van der Waals surface area contributed by atoms with Gasteiger partial charge in [0.2, 0.25) is 5.91 Å². The number of hydrogen-bond acceptors (Lipinski definition) is 4. The van der Waals surface area contributed by atoms with Crippen LogP contribution >= 0.6 is 0 Å². The van der Waals surface area contributed by atoms with Crippen LogP contribution in [0.3, 0.4) is 0 Å². The lowest BCUT2D eigenvalue weighted by molar-refractivity contribution is -0.137. The lowest BCUT2D eigenvalue weighted by Gasteiger charge is -2.42. The molecule has 1 aromatic rings. The number of carbonyl (C=O) groups is 1. The van der Waals surface area contributed by atoms with E-state index in [0.29, 0.717) is 11.8 Å². The average Bonchev–Trinajstić information content (AvgIpc) is 3.24. The highest BCUT2D eigenvalue weighted by Gasteiger charge is 2.56. The van der Waals surface area contributed by atoms with Crippen molar-refractivity contribution in [3.05, 3.63) is 17.5 Å². The summed E-state index contributed by atoms with van der Waals surface area (Å²) in [7, 11) is 6.21. The Balaban J connectivity index is 1.67. The third-order valence-corrected chi connectivity index (χ3v) is 7.75. The fourth-order valence-electron chi connectivity index (χ4n) is 5.63. The van der Waals surface area contributed by atoms with E-state index in [1.54, 1.807) is 0 Å². The minimum absolute atomic E-state index is 0.0728. The third-order valence-electron chi connectivity index (χ3n) is 7.75. The summed E-state index contributed by atoms with van der Waals surface area (Å²) >= 11 is 0. The Morgan fingerprint density at radius 3 is 2.57 bits per heavy atom. The van der Waals surface area contributed by atoms with Crippen molar-refractivity contribution in [2.24, 2.45) is 5.41 Å². The Morgan fingerprint density at radius 2 is 2.00 bits per heavy atom. The van der Waals surface area contributed by atoms with Crippen molar-refractivity contribution in [3.8, 4) is 0 Å². The number of aromatic nitrogens is 2. The maximum absolute atomic E-state index is 13.0. The van der Waals surface area contributed by atoms with Crippen molar-refractivity contribution < 1.29 is 4.79 Å². The molecule has 1 amide bonds. The molecule has 0 aromatic carbocycles. The fourth-order valence-corrected chi connectivity index (χ4v) is 5.63. The molecule has 0 atom stereocenters. The molecule has 3 rings (SSSR count). The summed E-state index contributed by atoms with van der Waals surface area (Å²) in [6.45, 7) is 7.31. The first-order chi connectivity index (χ1) is 13.4. The van der Waals surface area contributed by atoms with Crippen molar-refractivity contribution in [2.45, 2.75) is 76.8 Å². The molecule has 158 valence electrons. The van der Waals surface area contributed by atoms with Crippen molar-refractivity contribution >= 4 is 5.91 Å². The number of nitrogens with one attached hydrogen (secondary N) is 2. The minimum Gasteiger partial charge on any atom is -0.340 e. The lowest BCUT2D eigenvalue weighted by atomic mass is 9.68. The van der Waals surface area contributed by atoms with Crippen LogP contribution in [0.1, 0.15) is 76.0 Å². The molecule has 2 heterocycles. The molecule has 0 radical (unpaired) electrons. The third kappa shape index (κ3) is 3.73. The smallest absolute Gasteiger partial charge is 0.229 e. The average molecular weight is 390 g/mol. The summed E-state index contributed by atoms with van der Waals surface area (Å²) in [5.41, 5.74) is 2.59. The van der Waals surface area contributed by atoms with E-state index in [0.717, 1.165) is 64.6 Å². The summed E-state index contributed by atoms with van der Waals surface area (Å²) in [5, 5.41) is 10.9. The maximum Gasteiger partial charge on any atom is 0.229 e. The zero-order valence-electron chi connectivity index (χ0n) is 18.5.